The maximum absolute atomic E-state index is 11.3. The lowest BCUT2D eigenvalue weighted by molar-refractivity contribution is 1.07. The smallest absolute Gasteiger partial charge is 0.164 e. The summed E-state index contributed by atoms with van der Waals surface area (Å²) in [5.74, 6) is 1.40. The first-order valence-electron chi connectivity index (χ1n) is 19.9. The summed E-state index contributed by atoms with van der Waals surface area (Å²) < 4.78 is 4.29. The predicted molar refractivity (Wildman–Crippen MR) is 242 cm³/mol. The van der Waals surface area contributed by atoms with Crippen molar-refractivity contribution in [1.29, 1.82) is 15.8 Å². The van der Waals surface area contributed by atoms with Gasteiger partial charge in [0.1, 0.15) is 6.07 Å². The van der Waals surface area contributed by atoms with E-state index in [-0.39, 0.29) is 0 Å². The van der Waals surface area contributed by atoms with Gasteiger partial charge < -0.3 is 9.13 Å². The number of para-hydroxylation sites is 2. The number of benzene rings is 7. The molecule has 286 valence electrons. The minimum absolute atomic E-state index is 0.385. The fourth-order valence-corrected chi connectivity index (χ4v) is 8.61. The highest BCUT2D eigenvalue weighted by atomic mass is 15.0. The van der Waals surface area contributed by atoms with Crippen molar-refractivity contribution in [2.45, 2.75) is 0 Å². The van der Waals surface area contributed by atoms with E-state index in [0.29, 0.717) is 45.4 Å². The summed E-state index contributed by atoms with van der Waals surface area (Å²) in [7, 11) is 0. The van der Waals surface area contributed by atoms with Crippen LogP contribution >= 0.6 is 0 Å². The molecule has 0 unspecified atom stereocenters. The maximum Gasteiger partial charge on any atom is 0.164 e. The minimum Gasteiger partial charge on any atom is -0.307 e. The molecule has 0 N–H and O–H groups in total. The van der Waals surface area contributed by atoms with Crippen LogP contribution < -0.4 is 0 Å². The molecular formula is C53H29N9. The molecule has 0 fully saturated rings. The van der Waals surface area contributed by atoms with Gasteiger partial charge in [-0.15, -0.1) is 0 Å². The molecular weight excluding hydrogens is 763 g/mol. The lowest BCUT2D eigenvalue weighted by Gasteiger charge is -2.20. The molecule has 11 aromatic rings. The summed E-state index contributed by atoms with van der Waals surface area (Å²) in [5, 5.41) is 34.9. The Hall–Kier alpha value is -9.23. The Morgan fingerprint density at radius 3 is 1.47 bits per heavy atom. The maximum atomic E-state index is 11.3. The van der Waals surface area contributed by atoms with Crippen molar-refractivity contribution >= 4 is 43.6 Å². The number of aromatic nitrogens is 6. The topological polar surface area (TPSA) is 133 Å². The summed E-state index contributed by atoms with van der Waals surface area (Å²) in [5.41, 5.74) is 10.2. The first-order chi connectivity index (χ1) is 30.6. The molecule has 0 aliphatic rings. The Bertz CT molecular complexity index is 3670. The fourth-order valence-electron chi connectivity index (χ4n) is 8.61. The van der Waals surface area contributed by atoms with E-state index < -0.39 is 0 Å². The van der Waals surface area contributed by atoms with E-state index in [9.17, 15) is 15.8 Å². The average molecular weight is 792 g/mol. The van der Waals surface area contributed by atoms with E-state index in [1.807, 2.05) is 152 Å². The monoisotopic (exact) mass is 791 g/mol. The largest absolute Gasteiger partial charge is 0.307 e. The summed E-state index contributed by atoms with van der Waals surface area (Å²) in [6, 6.07) is 60.2. The zero-order chi connectivity index (χ0) is 41.7. The zero-order valence-electron chi connectivity index (χ0n) is 32.8. The molecule has 11 rings (SSSR count). The zero-order valence-corrected chi connectivity index (χ0v) is 32.8. The molecule has 0 atom stereocenters. The first-order valence-corrected chi connectivity index (χ1v) is 19.9. The molecule has 9 nitrogen and oxygen atoms in total. The second-order valence-corrected chi connectivity index (χ2v) is 14.9. The quantitative estimate of drug-likeness (QED) is 0.164. The van der Waals surface area contributed by atoms with E-state index in [4.69, 9.17) is 19.9 Å². The molecule has 4 aromatic heterocycles. The van der Waals surface area contributed by atoms with Crippen LogP contribution in [-0.4, -0.2) is 29.1 Å². The van der Waals surface area contributed by atoms with Crippen LogP contribution in [0.3, 0.4) is 0 Å². The van der Waals surface area contributed by atoms with Gasteiger partial charge in [0, 0.05) is 55.6 Å². The number of nitrogens with zero attached hydrogens (tertiary/aromatic N) is 9. The normalized spacial score (nSPS) is 11.2. The molecule has 0 bridgehead atoms. The van der Waals surface area contributed by atoms with Gasteiger partial charge in [-0.3, -0.25) is 4.98 Å². The second-order valence-electron chi connectivity index (χ2n) is 14.9. The minimum atomic E-state index is 0.385. The highest BCUT2D eigenvalue weighted by Gasteiger charge is 2.25. The Morgan fingerprint density at radius 2 is 0.903 bits per heavy atom. The third-order valence-electron chi connectivity index (χ3n) is 11.3. The predicted octanol–water partition coefficient (Wildman–Crippen LogP) is 11.7. The lowest BCUT2D eigenvalue weighted by Crippen LogP contribution is -2.06. The van der Waals surface area contributed by atoms with Crippen LogP contribution in [0, 0.1) is 34.0 Å². The number of pyridine rings is 1. The van der Waals surface area contributed by atoms with Gasteiger partial charge in [-0.1, -0.05) is 97.1 Å². The van der Waals surface area contributed by atoms with Crippen molar-refractivity contribution in [3.05, 3.63) is 193 Å². The summed E-state index contributed by atoms with van der Waals surface area (Å²) >= 11 is 0. The summed E-state index contributed by atoms with van der Waals surface area (Å²) in [4.78, 5) is 19.8. The van der Waals surface area contributed by atoms with Crippen LogP contribution in [0.2, 0.25) is 0 Å². The van der Waals surface area contributed by atoms with Crippen molar-refractivity contribution in [3.63, 3.8) is 0 Å². The lowest BCUT2D eigenvalue weighted by atomic mass is 9.95. The summed E-state index contributed by atoms with van der Waals surface area (Å²) in [6.07, 6.45) is 3.61. The molecule has 9 heteroatoms. The Kier molecular flexibility index (Phi) is 8.42. The molecule has 0 saturated heterocycles. The van der Waals surface area contributed by atoms with E-state index in [1.165, 1.54) is 0 Å². The van der Waals surface area contributed by atoms with Gasteiger partial charge in [0.25, 0.3) is 0 Å². The SMILES string of the molecule is N#Cc1ccc2c(c1)c1ccccc1n2-c1cnccc1-c1cc(-c2nc(-c3ccccc3)nc(-c3ccccc3)n2)cc(C#N)c1-n1c2ccccc2c2cc(C#N)ccc21. The van der Waals surface area contributed by atoms with Gasteiger partial charge in [-0.05, 0) is 66.7 Å². The van der Waals surface area contributed by atoms with Crippen molar-refractivity contribution < 1.29 is 0 Å². The van der Waals surface area contributed by atoms with Crippen LogP contribution in [-0.2, 0) is 0 Å². The molecule has 4 heterocycles. The van der Waals surface area contributed by atoms with Crippen molar-refractivity contribution in [2.24, 2.45) is 0 Å². The van der Waals surface area contributed by atoms with Crippen LogP contribution in [0.4, 0.5) is 0 Å². The highest BCUT2D eigenvalue weighted by Crippen LogP contribution is 2.43. The molecule has 0 spiro atoms. The van der Waals surface area contributed by atoms with E-state index >= 15 is 0 Å². The van der Waals surface area contributed by atoms with E-state index in [1.54, 1.807) is 6.20 Å². The molecule has 0 aliphatic heterocycles. The van der Waals surface area contributed by atoms with Crippen molar-refractivity contribution in [3.8, 4) is 74.9 Å². The van der Waals surface area contributed by atoms with Crippen LogP contribution in [0.15, 0.2) is 176 Å². The Balaban J connectivity index is 1.27. The average Bonchev–Trinajstić information content (AvgIpc) is 3.85. The number of hydrogen-bond acceptors (Lipinski definition) is 7. The van der Waals surface area contributed by atoms with Gasteiger partial charge in [-0.2, -0.15) is 15.8 Å². The van der Waals surface area contributed by atoms with Gasteiger partial charge in [0.2, 0.25) is 0 Å². The molecule has 62 heavy (non-hydrogen) atoms. The van der Waals surface area contributed by atoms with Gasteiger partial charge in [-0.25, -0.2) is 15.0 Å². The van der Waals surface area contributed by atoms with Crippen LogP contribution in [0.1, 0.15) is 16.7 Å². The van der Waals surface area contributed by atoms with Gasteiger partial charge >= 0.3 is 0 Å². The molecule has 0 saturated carbocycles. The Morgan fingerprint density at radius 1 is 0.403 bits per heavy atom. The van der Waals surface area contributed by atoms with Gasteiger partial charge in [0.05, 0.1) is 68.5 Å². The van der Waals surface area contributed by atoms with Crippen molar-refractivity contribution in [2.75, 3.05) is 0 Å². The molecule has 0 radical (unpaired) electrons. The third kappa shape index (κ3) is 5.76. The van der Waals surface area contributed by atoms with E-state index in [2.05, 4.69) is 45.5 Å². The number of fused-ring (bicyclic) bond motifs is 6. The summed E-state index contributed by atoms with van der Waals surface area (Å²) in [6.45, 7) is 0. The highest BCUT2D eigenvalue weighted by molar-refractivity contribution is 6.12. The number of nitriles is 3. The number of hydrogen-bond donors (Lipinski definition) is 0. The van der Waals surface area contributed by atoms with Gasteiger partial charge in [0.15, 0.2) is 17.5 Å². The van der Waals surface area contributed by atoms with Crippen LogP contribution in [0.5, 0.6) is 0 Å². The standard InChI is InChI=1S/C53H29N9/c54-29-33-19-21-47-42(25-33)39-15-7-9-17-45(39)61(47)49-32-57-24-23-41(49)44-28-37(53-59-51(35-11-3-1-4-12-35)58-52(60-53)36-13-5-2-6-14-36)27-38(31-56)50(44)62-46-18-10-8-16-40(46)43-26-34(30-55)20-22-48(43)62/h1-28,32H. The fraction of sp³-hybridized carbons (Fsp3) is 0. The molecule has 0 amide bonds. The number of rotatable bonds is 6. The second kappa shape index (κ2) is 14.5. The first kappa shape index (κ1) is 35.9. The third-order valence-corrected chi connectivity index (χ3v) is 11.3. The van der Waals surface area contributed by atoms with E-state index in [0.717, 1.165) is 71.6 Å². The van der Waals surface area contributed by atoms with Crippen LogP contribution in [0.25, 0.3) is 100 Å². The molecule has 0 aliphatic carbocycles. The Labute approximate surface area is 354 Å². The van der Waals surface area contributed by atoms with Crippen molar-refractivity contribution in [1.82, 2.24) is 29.1 Å². The molecule has 7 aromatic carbocycles.